The van der Waals surface area contributed by atoms with Crippen molar-refractivity contribution in [3.8, 4) is 0 Å². The van der Waals surface area contributed by atoms with Gasteiger partial charge in [-0.05, 0) is 19.1 Å². The first kappa shape index (κ1) is 13.8. The molecule has 2 aromatic heterocycles. The summed E-state index contributed by atoms with van der Waals surface area (Å²) in [5, 5.41) is 0. The van der Waals surface area contributed by atoms with Crippen LogP contribution >= 0.6 is 0 Å². The van der Waals surface area contributed by atoms with Crippen LogP contribution in [-0.2, 0) is 0 Å². The first-order chi connectivity index (χ1) is 11.2. The molecule has 1 aliphatic rings. The van der Waals surface area contributed by atoms with Gasteiger partial charge < -0.3 is 19.8 Å². The Morgan fingerprint density at radius 2 is 1.87 bits per heavy atom. The number of benzene rings is 1. The van der Waals surface area contributed by atoms with E-state index in [2.05, 4.69) is 35.8 Å². The molecule has 118 valence electrons. The zero-order valence-electron chi connectivity index (χ0n) is 12.9. The lowest BCUT2D eigenvalue weighted by molar-refractivity contribution is 0.646. The van der Waals surface area contributed by atoms with Gasteiger partial charge in [-0.2, -0.15) is 0 Å². The van der Waals surface area contributed by atoms with Crippen molar-refractivity contribution in [1.29, 1.82) is 0 Å². The molecule has 0 bridgehead atoms. The van der Waals surface area contributed by atoms with Crippen molar-refractivity contribution in [3.05, 3.63) is 46.8 Å². The molecule has 7 heteroatoms. The van der Waals surface area contributed by atoms with E-state index < -0.39 is 0 Å². The molecule has 7 nitrogen and oxygen atoms in total. The van der Waals surface area contributed by atoms with Gasteiger partial charge >= 0.3 is 5.69 Å². The number of nitrogens with zero attached hydrogens (tertiary/aromatic N) is 4. The fourth-order valence-electron chi connectivity index (χ4n) is 3.19. The van der Waals surface area contributed by atoms with E-state index in [-0.39, 0.29) is 5.69 Å². The molecule has 0 spiro atoms. The predicted octanol–water partition coefficient (Wildman–Crippen LogP) is 1.28. The van der Waals surface area contributed by atoms with Gasteiger partial charge in [0.25, 0.3) is 0 Å². The molecule has 0 aliphatic carbocycles. The number of aryl methyl sites for hydroxylation is 1. The van der Waals surface area contributed by atoms with E-state index >= 15 is 0 Å². The van der Waals surface area contributed by atoms with Crippen LogP contribution in [0.4, 0.5) is 11.5 Å². The van der Waals surface area contributed by atoms with Crippen molar-refractivity contribution in [2.45, 2.75) is 6.92 Å². The van der Waals surface area contributed by atoms with Crippen molar-refractivity contribution in [2.24, 2.45) is 0 Å². The van der Waals surface area contributed by atoms with Gasteiger partial charge in [0.15, 0.2) is 0 Å². The number of para-hydroxylation sites is 1. The van der Waals surface area contributed by atoms with E-state index in [0.29, 0.717) is 0 Å². The third-order valence-corrected chi connectivity index (χ3v) is 4.32. The van der Waals surface area contributed by atoms with Crippen LogP contribution in [0.5, 0.6) is 0 Å². The largest absolute Gasteiger partial charge is 0.366 e. The second-order valence-corrected chi connectivity index (χ2v) is 5.78. The smallest absolute Gasteiger partial charge is 0.323 e. The minimum Gasteiger partial charge on any atom is -0.366 e. The Kier molecular flexibility index (Phi) is 3.25. The van der Waals surface area contributed by atoms with Gasteiger partial charge in [0.1, 0.15) is 12.1 Å². The standard InChI is InChI=1S/C16H18N6O/c1-11-9-17-10-18-15(11)22-7-5-21(6-8-22)13-4-2-3-12-14(13)20-16(23)19-12/h2-4,9-10H,5-8H2,1H3,(H2,19,20,23). The van der Waals surface area contributed by atoms with Crippen LogP contribution in [0, 0.1) is 6.92 Å². The van der Waals surface area contributed by atoms with E-state index in [1.54, 1.807) is 6.33 Å². The molecule has 0 atom stereocenters. The molecule has 0 radical (unpaired) electrons. The number of hydrogen-bond donors (Lipinski definition) is 2. The number of nitrogens with one attached hydrogen (secondary N) is 2. The van der Waals surface area contributed by atoms with Gasteiger partial charge in [-0.1, -0.05) is 6.07 Å². The van der Waals surface area contributed by atoms with Crippen molar-refractivity contribution in [3.63, 3.8) is 0 Å². The SMILES string of the molecule is Cc1cncnc1N1CCN(c2cccc3[nH]c(=O)[nH]c23)CC1. The van der Waals surface area contributed by atoms with E-state index in [1.807, 2.05) is 25.3 Å². The Morgan fingerprint density at radius 1 is 1.09 bits per heavy atom. The normalized spacial score (nSPS) is 15.3. The lowest BCUT2D eigenvalue weighted by Crippen LogP contribution is -2.47. The van der Waals surface area contributed by atoms with E-state index in [9.17, 15) is 4.79 Å². The molecule has 3 aromatic rings. The Balaban J connectivity index is 1.57. The maximum atomic E-state index is 11.5. The van der Waals surface area contributed by atoms with Crippen LogP contribution in [0.2, 0.25) is 0 Å². The number of rotatable bonds is 2. The number of hydrogen-bond acceptors (Lipinski definition) is 5. The summed E-state index contributed by atoms with van der Waals surface area (Å²) in [6.45, 7) is 5.59. The highest BCUT2D eigenvalue weighted by Gasteiger charge is 2.21. The average molecular weight is 310 g/mol. The van der Waals surface area contributed by atoms with Crippen LogP contribution in [0.3, 0.4) is 0 Å². The molecule has 1 aliphatic heterocycles. The molecule has 1 fully saturated rings. The van der Waals surface area contributed by atoms with E-state index in [0.717, 1.165) is 54.3 Å². The zero-order valence-corrected chi connectivity index (χ0v) is 12.9. The summed E-state index contributed by atoms with van der Waals surface area (Å²) in [6, 6.07) is 5.94. The molecule has 0 amide bonds. The number of anilines is 2. The molecular weight excluding hydrogens is 292 g/mol. The summed E-state index contributed by atoms with van der Waals surface area (Å²) in [5.74, 6) is 1.01. The van der Waals surface area contributed by atoms with Gasteiger partial charge in [-0.3, -0.25) is 0 Å². The summed E-state index contributed by atoms with van der Waals surface area (Å²) in [7, 11) is 0. The summed E-state index contributed by atoms with van der Waals surface area (Å²) in [6.07, 6.45) is 3.44. The van der Waals surface area contributed by atoms with Crippen molar-refractivity contribution >= 4 is 22.5 Å². The van der Waals surface area contributed by atoms with E-state index in [4.69, 9.17) is 0 Å². The molecule has 0 unspecified atom stereocenters. The summed E-state index contributed by atoms with van der Waals surface area (Å²) in [5.41, 5.74) is 3.73. The number of H-pyrrole nitrogens is 2. The Bertz CT molecular complexity index is 891. The maximum absolute atomic E-state index is 11.5. The van der Waals surface area contributed by atoms with Gasteiger partial charge in [-0.15, -0.1) is 0 Å². The molecule has 2 N–H and O–H groups in total. The Morgan fingerprint density at radius 3 is 2.65 bits per heavy atom. The molecule has 1 aromatic carbocycles. The molecular formula is C16H18N6O. The summed E-state index contributed by atoms with van der Waals surface area (Å²) in [4.78, 5) is 30.3. The lowest BCUT2D eigenvalue weighted by Gasteiger charge is -2.37. The van der Waals surface area contributed by atoms with Crippen LogP contribution < -0.4 is 15.5 Å². The topological polar surface area (TPSA) is 80.9 Å². The highest BCUT2D eigenvalue weighted by Crippen LogP contribution is 2.25. The van der Waals surface area contributed by atoms with Crippen molar-refractivity contribution < 1.29 is 0 Å². The second-order valence-electron chi connectivity index (χ2n) is 5.78. The first-order valence-corrected chi connectivity index (χ1v) is 7.70. The monoisotopic (exact) mass is 310 g/mol. The molecule has 0 saturated carbocycles. The predicted molar refractivity (Wildman–Crippen MR) is 90.1 cm³/mol. The first-order valence-electron chi connectivity index (χ1n) is 7.70. The van der Waals surface area contributed by atoms with Crippen LogP contribution in [-0.4, -0.2) is 46.1 Å². The number of imidazole rings is 1. The highest BCUT2D eigenvalue weighted by molar-refractivity contribution is 5.88. The number of aromatic nitrogens is 4. The summed E-state index contributed by atoms with van der Waals surface area (Å²) >= 11 is 0. The third-order valence-electron chi connectivity index (χ3n) is 4.32. The maximum Gasteiger partial charge on any atom is 0.323 e. The molecule has 23 heavy (non-hydrogen) atoms. The zero-order chi connectivity index (χ0) is 15.8. The van der Waals surface area contributed by atoms with Gasteiger partial charge in [0, 0.05) is 37.9 Å². The van der Waals surface area contributed by atoms with Gasteiger partial charge in [0.2, 0.25) is 0 Å². The van der Waals surface area contributed by atoms with Gasteiger partial charge in [-0.25, -0.2) is 14.8 Å². The molecule has 3 heterocycles. The van der Waals surface area contributed by atoms with Crippen molar-refractivity contribution in [1.82, 2.24) is 19.9 Å². The number of piperazine rings is 1. The fourth-order valence-corrected chi connectivity index (χ4v) is 3.19. The number of aromatic amines is 2. The van der Waals surface area contributed by atoms with Gasteiger partial charge in [0.05, 0.1) is 16.7 Å². The summed E-state index contributed by atoms with van der Waals surface area (Å²) < 4.78 is 0. The minimum absolute atomic E-state index is 0.164. The Hall–Kier alpha value is -2.83. The average Bonchev–Trinajstić information content (AvgIpc) is 2.96. The fraction of sp³-hybridized carbons (Fsp3) is 0.312. The molecule has 4 rings (SSSR count). The lowest BCUT2D eigenvalue weighted by atomic mass is 10.2. The quantitative estimate of drug-likeness (QED) is 0.745. The van der Waals surface area contributed by atoms with Crippen LogP contribution in [0.15, 0.2) is 35.5 Å². The number of fused-ring (bicyclic) bond motifs is 1. The molecule has 1 saturated heterocycles. The van der Waals surface area contributed by atoms with Crippen LogP contribution in [0.25, 0.3) is 11.0 Å². The van der Waals surface area contributed by atoms with E-state index in [1.165, 1.54) is 0 Å². The van der Waals surface area contributed by atoms with Crippen molar-refractivity contribution in [2.75, 3.05) is 36.0 Å². The third kappa shape index (κ3) is 2.44. The Labute approximate surface area is 133 Å². The van der Waals surface area contributed by atoms with Crippen LogP contribution in [0.1, 0.15) is 5.56 Å². The minimum atomic E-state index is -0.164. The second kappa shape index (κ2) is 5.42. The highest BCUT2D eigenvalue weighted by atomic mass is 16.1.